The molecule has 7 nitrogen and oxygen atoms in total. The molecule has 0 saturated heterocycles. The highest BCUT2D eigenvalue weighted by Crippen LogP contribution is 2.08. The maximum absolute atomic E-state index is 11.3. The van der Waals surface area contributed by atoms with Crippen LogP contribution in [0.2, 0.25) is 0 Å². The average molecular weight is 255 g/mol. The minimum atomic E-state index is -1.07. The highest BCUT2D eigenvalue weighted by atomic mass is 16.5. The number of carbonyl (C=O) groups is 1. The number of allylic oxidation sites excluding steroid dienone is 1. The first kappa shape index (κ1) is 14.2. The predicted molar refractivity (Wildman–Crippen MR) is 63.9 cm³/mol. The standard InChI is InChI=1S/C11H17N3O4/c1-8-13-18-10(16)14(8)7-5-4-6-11(2,12)9(15)17-3/h4-5H,6-7,12H2,1-3H3/b5-4+. The van der Waals surface area contributed by atoms with E-state index in [1.54, 1.807) is 26.0 Å². The minimum Gasteiger partial charge on any atom is -0.468 e. The van der Waals surface area contributed by atoms with Crippen LogP contribution in [-0.4, -0.2) is 28.3 Å². The van der Waals surface area contributed by atoms with E-state index in [-0.39, 0.29) is 0 Å². The van der Waals surface area contributed by atoms with Gasteiger partial charge in [0.1, 0.15) is 5.54 Å². The molecule has 7 heteroatoms. The van der Waals surface area contributed by atoms with Gasteiger partial charge >= 0.3 is 11.7 Å². The quantitative estimate of drug-likeness (QED) is 0.586. The number of esters is 1. The van der Waals surface area contributed by atoms with E-state index < -0.39 is 17.3 Å². The third kappa shape index (κ3) is 3.30. The molecule has 100 valence electrons. The fourth-order valence-corrected chi connectivity index (χ4v) is 1.37. The lowest BCUT2D eigenvalue weighted by molar-refractivity contribution is -0.146. The van der Waals surface area contributed by atoms with Crippen molar-refractivity contribution in [1.29, 1.82) is 0 Å². The van der Waals surface area contributed by atoms with Crippen LogP contribution >= 0.6 is 0 Å². The summed E-state index contributed by atoms with van der Waals surface area (Å²) in [5.41, 5.74) is 4.70. The summed E-state index contributed by atoms with van der Waals surface area (Å²) in [5.74, 6) is -0.501. The molecule has 1 rings (SSSR count). The van der Waals surface area contributed by atoms with Crippen molar-refractivity contribution in [1.82, 2.24) is 9.72 Å². The molecule has 0 aromatic carbocycles. The third-order valence-corrected chi connectivity index (χ3v) is 2.52. The molecule has 0 aliphatic rings. The first-order chi connectivity index (χ1) is 8.38. The summed E-state index contributed by atoms with van der Waals surface area (Å²) in [6, 6.07) is 0. The average Bonchev–Trinajstić information content (AvgIpc) is 2.64. The molecule has 1 unspecified atom stereocenters. The van der Waals surface area contributed by atoms with E-state index in [1.807, 2.05) is 0 Å². The number of hydrogen-bond acceptors (Lipinski definition) is 6. The Balaban J connectivity index is 2.58. The van der Waals surface area contributed by atoms with Crippen LogP contribution in [0, 0.1) is 6.92 Å². The monoisotopic (exact) mass is 255 g/mol. The first-order valence-corrected chi connectivity index (χ1v) is 5.44. The van der Waals surface area contributed by atoms with Gasteiger partial charge in [0.15, 0.2) is 5.82 Å². The molecule has 0 amide bonds. The zero-order valence-electron chi connectivity index (χ0n) is 10.7. The molecule has 1 aromatic rings. The maximum Gasteiger partial charge on any atom is 0.441 e. The molecule has 0 aliphatic heterocycles. The number of nitrogens with two attached hydrogens (primary N) is 1. The summed E-state index contributed by atoms with van der Waals surface area (Å²) < 4.78 is 10.4. The van der Waals surface area contributed by atoms with Gasteiger partial charge in [-0.1, -0.05) is 17.3 Å². The molecular formula is C11H17N3O4. The van der Waals surface area contributed by atoms with Gasteiger partial charge in [-0.05, 0) is 20.3 Å². The van der Waals surface area contributed by atoms with Crippen molar-refractivity contribution >= 4 is 5.97 Å². The first-order valence-electron chi connectivity index (χ1n) is 5.44. The molecule has 18 heavy (non-hydrogen) atoms. The summed E-state index contributed by atoms with van der Waals surface area (Å²) in [5, 5.41) is 3.53. The maximum atomic E-state index is 11.3. The van der Waals surface area contributed by atoms with Crippen LogP contribution in [0.3, 0.4) is 0 Å². The predicted octanol–water partition coefficient (Wildman–Crippen LogP) is -0.0186. The second kappa shape index (κ2) is 5.63. The van der Waals surface area contributed by atoms with Crippen molar-refractivity contribution in [2.24, 2.45) is 5.73 Å². The van der Waals surface area contributed by atoms with Crippen molar-refractivity contribution in [2.75, 3.05) is 7.11 Å². The Hall–Kier alpha value is -1.89. The van der Waals surface area contributed by atoms with Crippen LogP contribution in [0.5, 0.6) is 0 Å². The molecule has 0 fully saturated rings. The molecule has 0 saturated carbocycles. The highest BCUT2D eigenvalue weighted by Gasteiger charge is 2.27. The van der Waals surface area contributed by atoms with Crippen molar-refractivity contribution in [2.45, 2.75) is 32.4 Å². The number of aryl methyl sites for hydroxylation is 1. The Kier molecular flexibility index (Phi) is 4.43. The van der Waals surface area contributed by atoms with Gasteiger partial charge in [-0.3, -0.25) is 13.9 Å². The van der Waals surface area contributed by atoms with Gasteiger partial charge in [0.2, 0.25) is 0 Å². The van der Waals surface area contributed by atoms with Crippen LogP contribution in [0.1, 0.15) is 19.2 Å². The Morgan fingerprint density at radius 1 is 1.61 bits per heavy atom. The topological polar surface area (TPSA) is 100 Å². The lowest BCUT2D eigenvalue weighted by Crippen LogP contribution is -2.45. The highest BCUT2D eigenvalue weighted by molar-refractivity contribution is 5.80. The van der Waals surface area contributed by atoms with Gasteiger partial charge in [0.05, 0.1) is 7.11 Å². The summed E-state index contributed by atoms with van der Waals surface area (Å²) in [6.07, 6.45) is 3.76. The lowest BCUT2D eigenvalue weighted by atomic mass is 9.99. The number of nitrogens with zero attached hydrogens (tertiary/aromatic N) is 2. The summed E-state index contributed by atoms with van der Waals surface area (Å²) >= 11 is 0. The van der Waals surface area contributed by atoms with E-state index in [1.165, 1.54) is 11.7 Å². The van der Waals surface area contributed by atoms with Crippen molar-refractivity contribution in [3.05, 3.63) is 28.5 Å². The normalized spacial score (nSPS) is 14.7. The zero-order valence-corrected chi connectivity index (χ0v) is 10.7. The van der Waals surface area contributed by atoms with Gasteiger partial charge in [0, 0.05) is 6.54 Å². The molecule has 0 radical (unpaired) electrons. The number of rotatable bonds is 5. The zero-order chi connectivity index (χ0) is 13.8. The number of aromatic nitrogens is 2. The van der Waals surface area contributed by atoms with Crippen LogP contribution < -0.4 is 11.5 Å². The fraction of sp³-hybridized carbons (Fsp3) is 0.545. The van der Waals surface area contributed by atoms with E-state index in [2.05, 4.69) is 14.4 Å². The number of hydrogen-bond donors (Lipinski definition) is 1. The van der Waals surface area contributed by atoms with E-state index in [4.69, 9.17) is 5.73 Å². The van der Waals surface area contributed by atoms with Gasteiger partial charge < -0.3 is 10.5 Å². The summed E-state index contributed by atoms with van der Waals surface area (Å²) in [6.45, 7) is 3.58. The molecule has 0 spiro atoms. The number of ether oxygens (including phenoxy) is 1. The van der Waals surface area contributed by atoms with Crippen molar-refractivity contribution < 1.29 is 14.1 Å². The fourth-order valence-electron chi connectivity index (χ4n) is 1.37. The van der Waals surface area contributed by atoms with E-state index in [0.717, 1.165) is 0 Å². The van der Waals surface area contributed by atoms with Gasteiger partial charge in [-0.25, -0.2) is 4.79 Å². The largest absolute Gasteiger partial charge is 0.468 e. The smallest absolute Gasteiger partial charge is 0.441 e. The lowest BCUT2D eigenvalue weighted by Gasteiger charge is -2.19. The second-order valence-electron chi connectivity index (χ2n) is 4.19. The summed E-state index contributed by atoms with van der Waals surface area (Å²) in [4.78, 5) is 22.5. The van der Waals surface area contributed by atoms with Crippen LogP contribution in [0.25, 0.3) is 0 Å². The minimum absolute atomic E-state index is 0.318. The van der Waals surface area contributed by atoms with Crippen LogP contribution in [-0.2, 0) is 16.1 Å². The Morgan fingerprint density at radius 3 is 2.78 bits per heavy atom. The van der Waals surface area contributed by atoms with Crippen molar-refractivity contribution in [3.8, 4) is 0 Å². The number of carbonyl (C=O) groups excluding carboxylic acids is 1. The Morgan fingerprint density at radius 2 is 2.28 bits per heavy atom. The van der Waals surface area contributed by atoms with Gasteiger partial charge in [-0.2, -0.15) is 0 Å². The Labute approximate surface area is 104 Å². The molecule has 1 heterocycles. The van der Waals surface area contributed by atoms with E-state index in [0.29, 0.717) is 18.8 Å². The van der Waals surface area contributed by atoms with E-state index in [9.17, 15) is 9.59 Å². The van der Waals surface area contributed by atoms with Crippen LogP contribution in [0.15, 0.2) is 21.5 Å². The SMILES string of the molecule is COC(=O)C(C)(N)C/C=C/Cn1c(C)noc1=O. The van der Waals surface area contributed by atoms with Crippen molar-refractivity contribution in [3.63, 3.8) is 0 Å². The van der Waals surface area contributed by atoms with Gasteiger partial charge in [0.25, 0.3) is 0 Å². The van der Waals surface area contributed by atoms with E-state index >= 15 is 0 Å². The molecule has 2 N–H and O–H groups in total. The van der Waals surface area contributed by atoms with Crippen LogP contribution in [0.4, 0.5) is 0 Å². The summed E-state index contributed by atoms with van der Waals surface area (Å²) in [7, 11) is 1.29. The van der Waals surface area contributed by atoms with Gasteiger partial charge in [-0.15, -0.1) is 0 Å². The molecule has 0 aliphatic carbocycles. The molecule has 1 aromatic heterocycles. The molecular weight excluding hydrogens is 238 g/mol. The molecule has 1 atom stereocenters. The second-order valence-corrected chi connectivity index (χ2v) is 4.19. The Bertz CT molecular complexity index is 499. The molecule has 0 bridgehead atoms. The number of methoxy groups -OCH3 is 1. The third-order valence-electron chi connectivity index (χ3n) is 2.52.